The Labute approximate surface area is 135 Å². The van der Waals surface area contributed by atoms with E-state index in [0.29, 0.717) is 31.6 Å². The SMILES string of the molecule is COCC1(C(=O)O)CCN(C(=O)C2(Oc3ccccc3)CC2)C1. The zero-order valence-electron chi connectivity index (χ0n) is 13.2. The van der Waals surface area contributed by atoms with E-state index in [-0.39, 0.29) is 19.1 Å². The van der Waals surface area contributed by atoms with Crippen molar-refractivity contribution in [1.82, 2.24) is 4.90 Å². The summed E-state index contributed by atoms with van der Waals surface area (Å²) in [4.78, 5) is 26.0. The van der Waals surface area contributed by atoms with Crippen LogP contribution in [0.2, 0.25) is 0 Å². The summed E-state index contributed by atoms with van der Waals surface area (Å²) in [6.07, 6.45) is 1.74. The lowest BCUT2D eigenvalue weighted by Crippen LogP contribution is -2.45. The summed E-state index contributed by atoms with van der Waals surface area (Å²) in [5, 5.41) is 9.50. The predicted octanol–water partition coefficient (Wildman–Crippen LogP) is 1.55. The van der Waals surface area contributed by atoms with E-state index >= 15 is 0 Å². The van der Waals surface area contributed by atoms with Gasteiger partial charge in [-0.1, -0.05) is 18.2 Å². The van der Waals surface area contributed by atoms with Gasteiger partial charge in [-0.15, -0.1) is 0 Å². The summed E-state index contributed by atoms with van der Waals surface area (Å²) in [7, 11) is 1.48. The molecule has 1 atom stereocenters. The van der Waals surface area contributed by atoms with Gasteiger partial charge >= 0.3 is 5.97 Å². The van der Waals surface area contributed by atoms with Crippen molar-refractivity contribution in [3.63, 3.8) is 0 Å². The first-order chi connectivity index (χ1) is 11.0. The highest BCUT2D eigenvalue weighted by molar-refractivity contribution is 5.90. The van der Waals surface area contributed by atoms with Crippen LogP contribution in [0.25, 0.3) is 0 Å². The molecule has 1 aromatic rings. The van der Waals surface area contributed by atoms with Gasteiger partial charge in [0.15, 0.2) is 5.60 Å². The van der Waals surface area contributed by atoms with Gasteiger partial charge < -0.3 is 19.5 Å². The van der Waals surface area contributed by atoms with Crippen LogP contribution in [-0.4, -0.2) is 54.3 Å². The van der Waals surface area contributed by atoms with Crippen molar-refractivity contribution < 1.29 is 24.2 Å². The minimum Gasteiger partial charge on any atom is -0.481 e. The number of para-hydroxylation sites is 1. The molecule has 2 fully saturated rings. The number of ether oxygens (including phenoxy) is 2. The first-order valence-electron chi connectivity index (χ1n) is 7.77. The largest absolute Gasteiger partial charge is 0.481 e. The number of rotatable bonds is 6. The fourth-order valence-electron chi connectivity index (χ4n) is 3.15. The molecule has 1 unspecified atom stereocenters. The molecule has 1 aliphatic heterocycles. The Balaban J connectivity index is 1.70. The molecular weight excluding hydrogens is 298 g/mol. The maximum atomic E-state index is 12.8. The highest BCUT2D eigenvalue weighted by Crippen LogP contribution is 2.44. The quantitative estimate of drug-likeness (QED) is 0.861. The zero-order valence-corrected chi connectivity index (χ0v) is 13.2. The Morgan fingerprint density at radius 2 is 1.91 bits per heavy atom. The summed E-state index contributed by atoms with van der Waals surface area (Å²) in [5.41, 5.74) is -1.82. The molecule has 1 amide bonds. The van der Waals surface area contributed by atoms with Crippen LogP contribution in [0.5, 0.6) is 5.75 Å². The van der Waals surface area contributed by atoms with Crippen molar-refractivity contribution in [3.05, 3.63) is 30.3 Å². The van der Waals surface area contributed by atoms with Gasteiger partial charge in [-0.3, -0.25) is 9.59 Å². The second kappa shape index (κ2) is 5.85. The van der Waals surface area contributed by atoms with Crippen LogP contribution in [-0.2, 0) is 14.3 Å². The number of aliphatic carboxylic acids is 1. The Hall–Kier alpha value is -2.08. The van der Waals surface area contributed by atoms with E-state index in [9.17, 15) is 14.7 Å². The van der Waals surface area contributed by atoms with E-state index in [1.165, 1.54) is 7.11 Å². The number of carbonyl (C=O) groups excluding carboxylic acids is 1. The van der Waals surface area contributed by atoms with Crippen molar-refractivity contribution in [3.8, 4) is 5.75 Å². The van der Waals surface area contributed by atoms with Crippen LogP contribution in [0, 0.1) is 5.41 Å². The molecule has 0 radical (unpaired) electrons. The van der Waals surface area contributed by atoms with E-state index in [2.05, 4.69) is 0 Å². The van der Waals surface area contributed by atoms with Crippen molar-refractivity contribution in [1.29, 1.82) is 0 Å². The van der Waals surface area contributed by atoms with Crippen LogP contribution in [0.4, 0.5) is 0 Å². The fraction of sp³-hybridized carbons (Fsp3) is 0.529. The molecule has 124 valence electrons. The number of nitrogens with zero attached hydrogens (tertiary/aromatic N) is 1. The number of carboxylic acid groups (broad SMARTS) is 1. The molecule has 0 bridgehead atoms. The third-order valence-corrected chi connectivity index (χ3v) is 4.67. The Morgan fingerprint density at radius 1 is 1.22 bits per heavy atom. The first kappa shape index (κ1) is 15.8. The average Bonchev–Trinajstić information content (AvgIpc) is 3.19. The van der Waals surface area contributed by atoms with Crippen molar-refractivity contribution in [2.75, 3.05) is 26.8 Å². The third kappa shape index (κ3) is 2.91. The van der Waals surface area contributed by atoms with Crippen LogP contribution in [0.3, 0.4) is 0 Å². The molecule has 1 heterocycles. The molecule has 6 heteroatoms. The number of amides is 1. The molecule has 0 spiro atoms. The minimum absolute atomic E-state index is 0.110. The van der Waals surface area contributed by atoms with Gasteiger partial charge in [0.1, 0.15) is 11.2 Å². The molecule has 1 saturated heterocycles. The number of likely N-dealkylation sites (tertiary alicyclic amines) is 1. The van der Waals surface area contributed by atoms with Gasteiger partial charge in [0.25, 0.3) is 5.91 Å². The van der Waals surface area contributed by atoms with Gasteiger partial charge in [0.2, 0.25) is 0 Å². The zero-order chi connectivity index (χ0) is 16.5. The molecule has 6 nitrogen and oxygen atoms in total. The predicted molar refractivity (Wildman–Crippen MR) is 82.2 cm³/mol. The molecule has 3 rings (SSSR count). The molecule has 1 aromatic carbocycles. The Kier molecular flexibility index (Phi) is 4.02. The molecule has 1 N–H and O–H groups in total. The lowest BCUT2D eigenvalue weighted by atomic mass is 9.88. The monoisotopic (exact) mass is 319 g/mol. The van der Waals surface area contributed by atoms with Crippen molar-refractivity contribution in [2.24, 2.45) is 5.41 Å². The fourth-order valence-corrected chi connectivity index (χ4v) is 3.15. The smallest absolute Gasteiger partial charge is 0.313 e. The first-order valence-corrected chi connectivity index (χ1v) is 7.77. The van der Waals surface area contributed by atoms with E-state index in [0.717, 1.165) is 0 Å². The van der Waals surface area contributed by atoms with Gasteiger partial charge in [-0.25, -0.2) is 0 Å². The van der Waals surface area contributed by atoms with Gasteiger partial charge in [0, 0.05) is 33.0 Å². The minimum atomic E-state index is -1.01. The van der Waals surface area contributed by atoms with Crippen molar-refractivity contribution >= 4 is 11.9 Å². The van der Waals surface area contributed by atoms with Crippen LogP contribution < -0.4 is 4.74 Å². The average molecular weight is 319 g/mol. The summed E-state index contributed by atoms with van der Waals surface area (Å²) in [6.45, 7) is 0.710. The number of hydrogen-bond acceptors (Lipinski definition) is 4. The van der Waals surface area contributed by atoms with Crippen LogP contribution in [0.15, 0.2) is 30.3 Å². The van der Waals surface area contributed by atoms with E-state index in [4.69, 9.17) is 9.47 Å². The standard InChI is InChI=1S/C17H21NO5/c1-22-12-16(15(20)21)9-10-18(11-16)14(19)17(7-8-17)23-13-5-3-2-4-6-13/h2-6H,7-12H2,1H3,(H,20,21). The number of hydrogen-bond donors (Lipinski definition) is 1. The molecular formula is C17H21NO5. The van der Waals surface area contributed by atoms with Gasteiger partial charge in [-0.2, -0.15) is 0 Å². The number of carbonyl (C=O) groups is 2. The molecule has 1 saturated carbocycles. The van der Waals surface area contributed by atoms with Crippen LogP contribution >= 0.6 is 0 Å². The summed E-state index contributed by atoms with van der Waals surface area (Å²) >= 11 is 0. The number of benzene rings is 1. The highest BCUT2D eigenvalue weighted by atomic mass is 16.5. The maximum absolute atomic E-state index is 12.8. The highest BCUT2D eigenvalue weighted by Gasteiger charge is 2.57. The Bertz CT molecular complexity index is 598. The summed E-state index contributed by atoms with van der Waals surface area (Å²) in [6, 6.07) is 9.26. The lowest BCUT2D eigenvalue weighted by Gasteiger charge is -2.26. The third-order valence-electron chi connectivity index (χ3n) is 4.67. The maximum Gasteiger partial charge on any atom is 0.313 e. The summed E-state index contributed by atoms with van der Waals surface area (Å²) in [5.74, 6) is -0.358. The topological polar surface area (TPSA) is 76.1 Å². The van der Waals surface area contributed by atoms with Gasteiger partial charge in [-0.05, 0) is 18.6 Å². The number of methoxy groups -OCH3 is 1. The lowest BCUT2D eigenvalue weighted by molar-refractivity contribution is -0.152. The van der Waals surface area contributed by atoms with Gasteiger partial charge in [0.05, 0.1) is 6.61 Å². The molecule has 23 heavy (non-hydrogen) atoms. The molecule has 1 aliphatic carbocycles. The van der Waals surface area contributed by atoms with E-state index < -0.39 is 17.0 Å². The van der Waals surface area contributed by atoms with E-state index in [1.807, 2.05) is 30.3 Å². The number of carboxylic acids is 1. The second-order valence-electron chi connectivity index (χ2n) is 6.40. The second-order valence-corrected chi connectivity index (χ2v) is 6.40. The molecule has 0 aromatic heterocycles. The summed E-state index contributed by atoms with van der Waals surface area (Å²) < 4.78 is 11.0. The van der Waals surface area contributed by atoms with Crippen LogP contribution in [0.1, 0.15) is 19.3 Å². The van der Waals surface area contributed by atoms with E-state index in [1.54, 1.807) is 4.90 Å². The molecule has 2 aliphatic rings. The van der Waals surface area contributed by atoms with Crippen molar-refractivity contribution in [2.45, 2.75) is 24.9 Å². The normalized spacial score (nSPS) is 25.2. The Morgan fingerprint density at radius 3 is 2.48 bits per heavy atom.